The Morgan fingerprint density at radius 3 is 2.67 bits per heavy atom. The quantitative estimate of drug-likeness (QED) is 0.847. The number of aromatic nitrogens is 2. The molecule has 1 aromatic carbocycles. The Kier molecular flexibility index (Phi) is 5.59. The van der Waals surface area contributed by atoms with Gasteiger partial charge in [-0.2, -0.15) is 5.10 Å². The molecular formula is C17H24BrN3. The van der Waals surface area contributed by atoms with Crippen molar-refractivity contribution in [2.45, 2.75) is 46.2 Å². The van der Waals surface area contributed by atoms with Crippen LogP contribution in [-0.4, -0.2) is 16.8 Å². The van der Waals surface area contributed by atoms with Gasteiger partial charge in [-0.15, -0.1) is 0 Å². The maximum absolute atomic E-state index is 4.48. The highest BCUT2D eigenvalue weighted by Gasteiger charge is 2.19. The summed E-state index contributed by atoms with van der Waals surface area (Å²) in [4.78, 5) is 0. The smallest absolute Gasteiger partial charge is 0.0698 e. The molecule has 4 heteroatoms. The van der Waals surface area contributed by atoms with Gasteiger partial charge in [0.2, 0.25) is 0 Å². The number of likely N-dealkylation sites (N-methyl/N-ethyl adjacent to an activating group) is 1. The van der Waals surface area contributed by atoms with Crippen LogP contribution in [0.5, 0.6) is 0 Å². The molecule has 114 valence electrons. The predicted octanol–water partition coefficient (Wildman–Crippen LogP) is 4.18. The van der Waals surface area contributed by atoms with Gasteiger partial charge in [0.1, 0.15) is 0 Å². The lowest BCUT2D eigenvalue weighted by Gasteiger charge is -2.19. The van der Waals surface area contributed by atoms with Crippen molar-refractivity contribution >= 4 is 15.9 Å². The molecule has 2 aromatic rings. The molecule has 0 fully saturated rings. The van der Waals surface area contributed by atoms with Crippen molar-refractivity contribution in [3.8, 4) is 0 Å². The average molecular weight is 350 g/mol. The second-order valence-electron chi connectivity index (χ2n) is 5.56. The third kappa shape index (κ3) is 3.74. The number of hydrogen-bond donors (Lipinski definition) is 1. The summed E-state index contributed by atoms with van der Waals surface area (Å²) in [5.74, 6) is 0. The molecule has 0 saturated carbocycles. The first-order valence-electron chi connectivity index (χ1n) is 7.51. The number of aryl methyl sites for hydroxylation is 3. The summed E-state index contributed by atoms with van der Waals surface area (Å²) >= 11 is 3.64. The van der Waals surface area contributed by atoms with Gasteiger partial charge in [-0.25, -0.2) is 0 Å². The molecule has 1 atom stereocenters. The van der Waals surface area contributed by atoms with Crippen LogP contribution in [0.1, 0.15) is 41.8 Å². The molecule has 0 saturated heterocycles. The van der Waals surface area contributed by atoms with Gasteiger partial charge < -0.3 is 5.32 Å². The molecule has 1 aromatic heterocycles. The molecular weight excluding hydrogens is 326 g/mol. The highest BCUT2D eigenvalue weighted by molar-refractivity contribution is 9.10. The zero-order chi connectivity index (χ0) is 15.4. The third-order valence-corrected chi connectivity index (χ3v) is 4.57. The number of hydrogen-bond acceptors (Lipinski definition) is 2. The minimum Gasteiger partial charge on any atom is -0.311 e. The van der Waals surface area contributed by atoms with E-state index in [1.54, 1.807) is 0 Å². The van der Waals surface area contributed by atoms with Crippen LogP contribution in [-0.2, 0) is 13.0 Å². The van der Waals surface area contributed by atoms with Crippen LogP contribution in [0, 0.1) is 13.8 Å². The lowest BCUT2D eigenvalue weighted by atomic mass is 9.99. The molecule has 0 aliphatic rings. The number of rotatable bonds is 6. The van der Waals surface area contributed by atoms with Crippen LogP contribution in [0.25, 0.3) is 0 Å². The zero-order valence-corrected chi connectivity index (χ0v) is 14.9. The fraction of sp³-hybridized carbons (Fsp3) is 0.471. The predicted molar refractivity (Wildman–Crippen MR) is 91.6 cm³/mol. The summed E-state index contributed by atoms with van der Waals surface area (Å²) in [6.45, 7) is 7.45. The Morgan fingerprint density at radius 2 is 2.05 bits per heavy atom. The van der Waals surface area contributed by atoms with E-state index >= 15 is 0 Å². The van der Waals surface area contributed by atoms with Crippen molar-refractivity contribution < 1.29 is 0 Å². The highest BCUT2D eigenvalue weighted by atomic mass is 79.9. The van der Waals surface area contributed by atoms with E-state index in [-0.39, 0.29) is 6.04 Å². The summed E-state index contributed by atoms with van der Waals surface area (Å²) < 4.78 is 3.19. The van der Waals surface area contributed by atoms with Crippen LogP contribution in [0.3, 0.4) is 0 Å². The molecule has 0 spiro atoms. The number of nitrogens with zero attached hydrogens (tertiary/aromatic N) is 2. The maximum atomic E-state index is 4.48. The highest BCUT2D eigenvalue weighted by Crippen LogP contribution is 2.26. The molecule has 1 heterocycles. The maximum Gasteiger partial charge on any atom is 0.0698 e. The number of benzene rings is 1. The van der Waals surface area contributed by atoms with Gasteiger partial charge in [-0.05, 0) is 66.4 Å². The molecule has 0 amide bonds. The van der Waals surface area contributed by atoms with Crippen molar-refractivity contribution in [2.75, 3.05) is 7.05 Å². The largest absolute Gasteiger partial charge is 0.311 e. The molecule has 1 unspecified atom stereocenters. The standard InChI is InChI=1S/C17H24BrN3/c1-5-8-21-17(15(18)11-20-21)16(19-4)10-14-7-6-12(2)13(3)9-14/h6-7,9,11,16,19H,5,8,10H2,1-4H3. The summed E-state index contributed by atoms with van der Waals surface area (Å²) in [7, 11) is 2.02. The van der Waals surface area contributed by atoms with Crippen LogP contribution in [0.4, 0.5) is 0 Å². The number of nitrogens with one attached hydrogen (secondary N) is 1. The van der Waals surface area contributed by atoms with Crippen molar-refractivity contribution in [1.29, 1.82) is 0 Å². The Bertz CT molecular complexity index is 604. The Labute approximate surface area is 135 Å². The molecule has 0 aliphatic carbocycles. The van der Waals surface area contributed by atoms with Crippen molar-refractivity contribution in [3.05, 3.63) is 51.3 Å². The van der Waals surface area contributed by atoms with Crippen LogP contribution in [0.2, 0.25) is 0 Å². The Morgan fingerprint density at radius 1 is 1.29 bits per heavy atom. The van der Waals surface area contributed by atoms with E-state index in [0.29, 0.717) is 0 Å². The summed E-state index contributed by atoms with van der Waals surface area (Å²) in [5, 5.41) is 7.91. The first kappa shape index (κ1) is 16.2. The number of halogens is 1. The van der Waals surface area contributed by atoms with Crippen molar-refractivity contribution in [3.63, 3.8) is 0 Å². The summed E-state index contributed by atoms with van der Waals surface area (Å²) in [6.07, 6.45) is 3.95. The first-order valence-corrected chi connectivity index (χ1v) is 8.30. The van der Waals surface area contributed by atoms with E-state index in [9.17, 15) is 0 Å². The van der Waals surface area contributed by atoms with Gasteiger partial charge in [0.05, 0.1) is 22.4 Å². The van der Waals surface area contributed by atoms with Gasteiger partial charge >= 0.3 is 0 Å². The lowest BCUT2D eigenvalue weighted by Crippen LogP contribution is -2.23. The van der Waals surface area contributed by atoms with E-state index in [0.717, 1.165) is 23.9 Å². The summed E-state index contributed by atoms with van der Waals surface area (Å²) in [6, 6.07) is 6.97. The fourth-order valence-corrected chi connectivity index (χ4v) is 3.18. The van der Waals surface area contributed by atoms with E-state index in [1.165, 1.54) is 22.4 Å². The van der Waals surface area contributed by atoms with Crippen LogP contribution < -0.4 is 5.32 Å². The SMILES string of the molecule is CCCn1ncc(Br)c1C(Cc1ccc(C)c(C)c1)NC. The molecule has 21 heavy (non-hydrogen) atoms. The topological polar surface area (TPSA) is 29.9 Å². The van der Waals surface area contributed by atoms with Gasteiger partial charge in [0.25, 0.3) is 0 Å². The second kappa shape index (κ2) is 7.23. The van der Waals surface area contributed by atoms with Crippen LogP contribution in [0.15, 0.2) is 28.9 Å². The molecule has 0 aliphatic heterocycles. The second-order valence-corrected chi connectivity index (χ2v) is 6.42. The molecule has 3 nitrogen and oxygen atoms in total. The van der Waals surface area contributed by atoms with E-state index in [4.69, 9.17) is 0 Å². The van der Waals surface area contributed by atoms with Crippen molar-refractivity contribution in [2.24, 2.45) is 0 Å². The normalized spacial score (nSPS) is 12.6. The fourth-order valence-electron chi connectivity index (χ4n) is 2.61. The van der Waals surface area contributed by atoms with E-state index in [2.05, 4.69) is 70.0 Å². The first-order chi connectivity index (χ1) is 10.1. The molecule has 1 N–H and O–H groups in total. The monoisotopic (exact) mass is 349 g/mol. The zero-order valence-electron chi connectivity index (χ0n) is 13.3. The Hall–Kier alpha value is -1.13. The average Bonchev–Trinajstić information content (AvgIpc) is 2.82. The van der Waals surface area contributed by atoms with Gasteiger partial charge in [0, 0.05) is 6.54 Å². The van der Waals surface area contributed by atoms with Gasteiger partial charge in [-0.3, -0.25) is 4.68 Å². The summed E-state index contributed by atoms with van der Waals surface area (Å²) in [5.41, 5.74) is 5.28. The van der Waals surface area contributed by atoms with E-state index < -0.39 is 0 Å². The minimum absolute atomic E-state index is 0.260. The third-order valence-electron chi connectivity index (χ3n) is 3.96. The lowest BCUT2D eigenvalue weighted by molar-refractivity contribution is 0.495. The van der Waals surface area contributed by atoms with Crippen molar-refractivity contribution in [1.82, 2.24) is 15.1 Å². The minimum atomic E-state index is 0.260. The Balaban J connectivity index is 2.27. The molecule has 2 rings (SSSR count). The van der Waals surface area contributed by atoms with Gasteiger partial charge in [-0.1, -0.05) is 25.1 Å². The van der Waals surface area contributed by atoms with Gasteiger partial charge in [0.15, 0.2) is 0 Å². The molecule has 0 bridgehead atoms. The molecule has 0 radical (unpaired) electrons. The van der Waals surface area contributed by atoms with E-state index in [1.807, 2.05) is 13.2 Å². The van der Waals surface area contributed by atoms with Crippen LogP contribution >= 0.6 is 15.9 Å².